The van der Waals surface area contributed by atoms with Crippen LogP contribution in [0, 0.1) is 0 Å². The number of aliphatic hydroxyl groups is 1. The van der Waals surface area contributed by atoms with E-state index in [2.05, 4.69) is 24.3 Å². The van der Waals surface area contributed by atoms with Crippen molar-refractivity contribution >= 4 is 0 Å². The zero-order valence-electron chi connectivity index (χ0n) is 10.9. The van der Waals surface area contributed by atoms with E-state index in [0.29, 0.717) is 6.54 Å². The van der Waals surface area contributed by atoms with E-state index in [4.69, 9.17) is 5.73 Å². The maximum absolute atomic E-state index is 10.7. The van der Waals surface area contributed by atoms with E-state index in [-0.39, 0.29) is 5.92 Å². The minimum absolute atomic E-state index is 0.102. The summed E-state index contributed by atoms with van der Waals surface area (Å²) in [5.74, 6) is 0.102. The molecule has 0 bridgehead atoms. The summed E-state index contributed by atoms with van der Waals surface area (Å²) in [5, 5.41) is 10.7. The van der Waals surface area contributed by atoms with Crippen LogP contribution in [0.15, 0.2) is 48.5 Å². The highest BCUT2D eigenvalue weighted by Crippen LogP contribution is 2.40. The van der Waals surface area contributed by atoms with E-state index in [1.807, 2.05) is 24.3 Å². The third-order valence-electron chi connectivity index (χ3n) is 4.07. The van der Waals surface area contributed by atoms with Crippen molar-refractivity contribution < 1.29 is 5.11 Å². The van der Waals surface area contributed by atoms with Crippen LogP contribution in [0.3, 0.4) is 0 Å². The zero-order valence-corrected chi connectivity index (χ0v) is 10.9. The number of hydrogen-bond acceptors (Lipinski definition) is 2. The van der Waals surface area contributed by atoms with Crippen molar-refractivity contribution in [2.75, 3.05) is 6.54 Å². The fourth-order valence-electron chi connectivity index (χ4n) is 3.13. The van der Waals surface area contributed by atoms with Gasteiger partial charge in [0.2, 0.25) is 0 Å². The Hall–Kier alpha value is -1.64. The van der Waals surface area contributed by atoms with Crippen molar-refractivity contribution in [2.24, 2.45) is 5.73 Å². The number of nitrogens with two attached hydrogens (primary N) is 1. The maximum Gasteiger partial charge on any atom is 0.0861 e. The largest absolute Gasteiger partial charge is 0.388 e. The third-order valence-corrected chi connectivity index (χ3v) is 4.07. The van der Waals surface area contributed by atoms with Gasteiger partial charge in [-0.3, -0.25) is 0 Å². The lowest BCUT2D eigenvalue weighted by atomic mass is 9.86. The van der Waals surface area contributed by atoms with Crippen LogP contribution in [-0.2, 0) is 6.42 Å². The van der Waals surface area contributed by atoms with Crippen LogP contribution in [-0.4, -0.2) is 11.7 Å². The Labute approximate surface area is 113 Å². The second-order valence-corrected chi connectivity index (χ2v) is 5.20. The first-order chi connectivity index (χ1) is 9.31. The highest BCUT2D eigenvalue weighted by Gasteiger charge is 2.28. The first-order valence-corrected chi connectivity index (χ1v) is 6.85. The molecule has 0 heterocycles. The Kier molecular flexibility index (Phi) is 3.36. The fraction of sp³-hybridized carbons (Fsp3) is 0.294. The topological polar surface area (TPSA) is 46.2 Å². The first kappa shape index (κ1) is 12.4. The standard InChI is InChI=1S/C17H19NO/c18-10-9-16-14-7-3-1-5-12(14)11-13-6-2-4-8-15(13)17(16)19/h1-8,16-17,19H,9-11,18H2. The van der Waals surface area contributed by atoms with Gasteiger partial charge in [0.1, 0.15) is 0 Å². The third kappa shape index (κ3) is 2.18. The number of rotatable bonds is 2. The number of aliphatic hydroxyl groups excluding tert-OH is 1. The van der Waals surface area contributed by atoms with Gasteiger partial charge in [-0.15, -0.1) is 0 Å². The molecule has 2 unspecified atom stereocenters. The predicted octanol–water partition coefficient (Wildman–Crippen LogP) is 2.76. The molecule has 19 heavy (non-hydrogen) atoms. The average Bonchev–Trinajstić information content (AvgIpc) is 2.56. The molecule has 0 saturated heterocycles. The lowest BCUT2D eigenvalue weighted by Gasteiger charge is -2.23. The molecule has 0 aromatic heterocycles. The predicted molar refractivity (Wildman–Crippen MR) is 77.1 cm³/mol. The summed E-state index contributed by atoms with van der Waals surface area (Å²) in [6.45, 7) is 0.595. The Morgan fingerprint density at radius 3 is 2.21 bits per heavy atom. The van der Waals surface area contributed by atoms with Crippen molar-refractivity contribution in [1.29, 1.82) is 0 Å². The Bertz CT molecular complexity index is 579. The lowest BCUT2D eigenvalue weighted by Crippen LogP contribution is -2.15. The van der Waals surface area contributed by atoms with E-state index < -0.39 is 6.10 Å². The molecule has 98 valence electrons. The Balaban J connectivity index is 2.15. The maximum atomic E-state index is 10.7. The number of hydrogen-bond donors (Lipinski definition) is 2. The molecule has 3 rings (SSSR count). The van der Waals surface area contributed by atoms with Crippen LogP contribution >= 0.6 is 0 Å². The van der Waals surface area contributed by atoms with Crippen LogP contribution in [0.1, 0.15) is 40.7 Å². The lowest BCUT2D eigenvalue weighted by molar-refractivity contribution is 0.141. The molecule has 2 heteroatoms. The molecule has 2 aromatic rings. The molecule has 0 spiro atoms. The van der Waals surface area contributed by atoms with Crippen LogP contribution < -0.4 is 5.73 Å². The van der Waals surface area contributed by atoms with Crippen LogP contribution in [0.5, 0.6) is 0 Å². The summed E-state index contributed by atoms with van der Waals surface area (Å²) in [7, 11) is 0. The highest BCUT2D eigenvalue weighted by molar-refractivity contribution is 5.44. The van der Waals surface area contributed by atoms with Gasteiger partial charge >= 0.3 is 0 Å². The van der Waals surface area contributed by atoms with Gasteiger partial charge in [0.05, 0.1) is 6.10 Å². The zero-order chi connectivity index (χ0) is 13.2. The molecular formula is C17H19NO. The summed E-state index contributed by atoms with van der Waals surface area (Å²) in [6, 6.07) is 16.6. The van der Waals surface area contributed by atoms with Crippen molar-refractivity contribution in [3.63, 3.8) is 0 Å². The SMILES string of the molecule is NCCC1c2ccccc2Cc2ccccc2C1O. The van der Waals surface area contributed by atoms with E-state index in [9.17, 15) is 5.11 Å². The van der Waals surface area contributed by atoms with Gasteiger partial charge in [-0.1, -0.05) is 48.5 Å². The van der Waals surface area contributed by atoms with Gasteiger partial charge in [0, 0.05) is 5.92 Å². The van der Waals surface area contributed by atoms with Crippen molar-refractivity contribution in [3.05, 3.63) is 70.8 Å². The molecule has 2 aromatic carbocycles. The van der Waals surface area contributed by atoms with Crippen molar-refractivity contribution in [3.8, 4) is 0 Å². The second-order valence-electron chi connectivity index (χ2n) is 5.20. The first-order valence-electron chi connectivity index (χ1n) is 6.85. The molecular weight excluding hydrogens is 234 g/mol. The van der Waals surface area contributed by atoms with E-state index in [0.717, 1.165) is 18.4 Å². The summed E-state index contributed by atoms with van der Waals surface area (Å²) in [4.78, 5) is 0. The summed E-state index contributed by atoms with van der Waals surface area (Å²) < 4.78 is 0. The van der Waals surface area contributed by atoms with Gasteiger partial charge in [0.15, 0.2) is 0 Å². The van der Waals surface area contributed by atoms with Gasteiger partial charge in [0.25, 0.3) is 0 Å². The van der Waals surface area contributed by atoms with Gasteiger partial charge in [-0.05, 0) is 41.6 Å². The highest BCUT2D eigenvalue weighted by atomic mass is 16.3. The van der Waals surface area contributed by atoms with Crippen molar-refractivity contribution in [1.82, 2.24) is 0 Å². The summed E-state index contributed by atoms with van der Waals surface area (Å²) in [5.41, 5.74) is 10.6. The van der Waals surface area contributed by atoms with Crippen LogP contribution in [0.25, 0.3) is 0 Å². The van der Waals surface area contributed by atoms with Gasteiger partial charge < -0.3 is 10.8 Å². The number of fused-ring (bicyclic) bond motifs is 2. The normalized spacial score (nSPS) is 21.4. The van der Waals surface area contributed by atoms with Gasteiger partial charge in [-0.2, -0.15) is 0 Å². The molecule has 0 fully saturated rings. The molecule has 2 atom stereocenters. The average molecular weight is 253 g/mol. The minimum Gasteiger partial charge on any atom is -0.388 e. The summed E-state index contributed by atoms with van der Waals surface area (Å²) in [6.07, 6.45) is 1.25. The molecule has 3 N–H and O–H groups in total. The second kappa shape index (κ2) is 5.16. The van der Waals surface area contributed by atoms with Gasteiger partial charge in [-0.25, -0.2) is 0 Å². The minimum atomic E-state index is -0.455. The van der Waals surface area contributed by atoms with Crippen LogP contribution in [0.4, 0.5) is 0 Å². The quantitative estimate of drug-likeness (QED) is 0.864. The van der Waals surface area contributed by atoms with E-state index in [1.54, 1.807) is 0 Å². The number of benzene rings is 2. The van der Waals surface area contributed by atoms with E-state index in [1.165, 1.54) is 16.7 Å². The monoisotopic (exact) mass is 253 g/mol. The molecule has 0 aliphatic heterocycles. The Morgan fingerprint density at radius 2 is 1.53 bits per heavy atom. The molecule has 0 saturated carbocycles. The van der Waals surface area contributed by atoms with Crippen molar-refractivity contribution in [2.45, 2.75) is 24.9 Å². The fourth-order valence-corrected chi connectivity index (χ4v) is 3.13. The molecule has 1 aliphatic carbocycles. The molecule has 0 amide bonds. The summed E-state index contributed by atoms with van der Waals surface area (Å²) >= 11 is 0. The smallest absolute Gasteiger partial charge is 0.0861 e. The molecule has 2 nitrogen and oxygen atoms in total. The molecule has 0 radical (unpaired) electrons. The van der Waals surface area contributed by atoms with E-state index >= 15 is 0 Å². The van der Waals surface area contributed by atoms with Crippen LogP contribution in [0.2, 0.25) is 0 Å². The molecule has 1 aliphatic rings. The Morgan fingerprint density at radius 1 is 0.947 bits per heavy atom.